The third kappa shape index (κ3) is 3.93. The minimum atomic E-state index is -0.379. The molecule has 1 aliphatic rings. The summed E-state index contributed by atoms with van der Waals surface area (Å²) in [6.45, 7) is 2.63. The SMILES string of the molecule is CCCC(=O)N1CCCCC1C(=O)Nc1ccc(N)nc1. The monoisotopic (exact) mass is 290 g/mol. The van der Waals surface area contributed by atoms with E-state index in [9.17, 15) is 9.59 Å². The van der Waals surface area contributed by atoms with Crippen molar-refractivity contribution in [1.82, 2.24) is 9.88 Å². The molecule has 2 heterocycles. The standard InChI is InChI=1S/C15H22N4O2/c1-2-5-14(20)19-9-4-3-6-12(19)15(21)18-11-7-8-13(16)17-10-11/h7-8,10,12H,2-6,9H2,1H3,(H2,16,17)(H,18,21). The molecule has 1 aliphatic heterocycles. The van der Waals surface area contributed by atoms with Crippen LogP contribution in [0.2, 0.25) is 0 Å². The number of piperidine rings is 1. The first-order valence-corrected chi connectivity index (χ1v) is 7.43. The fraction of sp³-hybridized carbons (Fsp3) is 0.533. The van der Waals surface area contributed by atoms with E-state index in [1.807, 2.05) is 6.92 Å². The predicted molar refractivity (Wildman–Crippen MR) is 81.5 cm³/mol. The summed E-state index contributed by atoms with van der Waals surface area (Å²) < 4.78 is 0. The minimum absolute atomic E-state index is 0.0628. The molecule has 21 heavy (non-hydrogen) atoms. The van der Waals surface area contributed by atoms with Gasteiger partial charge in [0, 0.05) is 13.0 Å². The molecule has 1 saturated heterocycles. The summed E-state index contributed by atoms with van der Waals surface area (Å²) in [5, 5.41) is 2.81. The molecule has 0 radical (unpaired) electrons. The van der Waals surface area contributed by atoms with Crippen LogP contribution in [0, 0.1) is 0 Å². The third-order valence-corrected chi connectivity index (χ3v) is 3.64. The molecule has 1 fully saturated rings. The molecule has 0 aliphatic carbocycles. The number of carbonyl (C=O) groups excluding carboxylic acids is 2. The van der Waals surface area contributed by atoms with Crippen molar-refractivity contribution in [2.75, 3.05) is 17.6 Å². The molecule has 6 nitrogen and oxygen atoms in total. The van der Waals surface area contributed by atoms with Crippen LogP contribution in [0.4, 0.5) is 11.5 Å². The Kier molecular flexibility index (Phi) is 5.14. The Morgan fingerprint density at radius 2 is 2.24 bits per heavy atom. The van der Waals surface area contributed by atoms with Crippen molar-refractivity contribution >= 4 is 23.3 Å². The van der Waals surface area contributed by atoms with Crippen LogP contribution >= 0.6 is 0 Å². The highest BCUT2D eigenvalue weighted by molar-refractivity contribution is 5.97. The lowest BCUT2D eigenvalue weighted by atomic mass is 10.0. The van der Waals surface area contributed by atoms with Crippen LogP contribution in [0.25, 0.3) is 0 Å². The number of rotatable bonds is 4. The number of anilines is 2. The van der Waals surface area contributed by atoms with Crippen LogP contribution in [-0.2, 0) is 9.59 Å². The molecule has 0 spiro atoms. The van der Waals surface area contributed by atoms with E-state index in [1.54, 1.807) is 17.0 Å². The zero-order valence-electron chi connectivity index (χ0n) is 12.3. The van der Waals surface area contributed by atoms with Crippen LogP contribution in [0.5, 0.6) is 0 Å². The van der Waals surface area contributed by atoms with E-state index in [0.29, 0.717) is 30.9 Å². The molecule has 1 aromatic heterocycles. The van der Waals surface area contributed by atoms with E-state index in [-0.39, 0.29) is 17.9 Å². The first-order chi connectivity index (χ1) is 10.1. The van der Waals surface area contributed by atoms with Crippen LogP contribution < -0.4 is 11.1 Å². The van der Waals surface area contributed by atoms with Crippen molar-refractivity contribution in [3.63, 3.8) is 0 Å². The number of hydrogen-bond donors (Lipinski definition) is 2. The zero-order chi connectivity index (χ0) is 15.2. The number of nitrogens with one attached hydrogen (secondary N) is 1. The first kappa shape index (κ1) is 15.3. The number of carbonyl (C=O) groups is 2. The van der Waals surface area contributed by atoms with Gasteiger partial charge in [-0.2, -0.15) is 0 Å². The summed E-state index contributed by atoms with van der Waals surface area (Å²) in [5.41, 5.74) is 6.12. The number of nitrogen functional groups attached to an aromatic ring is 1. The van der Waals surface area contributed by atoms with Gasteiger partial charge in [0.05, 0.1) is 11.9 Å². The lowest BCUT2D eigenvalue weighted by Crippen LogP contribution is -2.49. The maximum Gasteiger partial charge on any atom is 0.247 e. The number of nitrogens with two attached hydrogens (primary N) is 1. The van der Waals surface area contributed by atoms with Gasteiger partial charge >= 0.3 is 0 Å². The number of aromatic nitrogens is 1. The predicted octanol–water partition coefficient (Wildman–Crippen LogP) is 1.78. The van der Waals surface area contributed by atoms with Gasteiger partial charge in [0.15, 0.2) is 0 Å². The van der Waals surface area contributed by atoms with Gasteiger partial charge in [0.25, 0.3) is 0 Å². The molecular formula is C15H22N4O2. The Bertz CT molecular complexity index is 501. The molecule has 114 valence electrons. The van der Waals surface area contributed by atoms with E-state index in [4.69, 9.17) is 5.73 Å². The quantitative estimate of drug-likeness (QED) is 0.884. The second kappa shape index (κ2) is 7.06. The second-order valence-electron chi connectivity index (χ2n) is 5.31. The third-order valence-electron chi connectivity index (χ3n) is 3.64. The Hall–Kier alpha value is -2.11. The highest BCUT2D eigenvalue weighted by Gasteiger charge is 2.31. The normalized spacial score (nSPS) is 18.3. The molecule has 6 heteroatoms. The number of hydrogen-bond acceptors (Lipinski definition) is 4. The van der Waals surface area contributed by atoms with Gasteiger partial charge in [-0.25, -0.2) is 4.98 Å². The maximum absolute atomic E-state index is 12.4. The maximum atomic E-state index is 12.4. The van der Waals surface area contributed by atoms with E-state index in [1.165, 1.54) is 6.20 Å². The van der Waals surface area contributed by atoms with Gasteiger partial charge in [0.2, 0.25) is 11.8 Å². The van der Waals surface area contributed by atoms with Gasteiger partial charge in [0.1, 0.15) is 11.9 Å². The zero-order valence-corrected chi connectivity index (χ0v) is 12.3. The van der Waals surface area contributed by atoms with Crippen molar-refractivity contribution in [2.24, 2.45) is 0 Å². The minimum Gasteiger partial charge on any atom is -0.384 e. The van der Waals surface area contributed by atoms with E-state index in [2.05, 4.69) is 10.3 Å². The fourth-order valence-corrected chi connectivity index (χ4v) is 2.56. The highest BCUT2D eigenvalue weighted by atomic mass is 16.2. The number of likely N-dealkylation sites (tertiary alicyclic amines) is 1. The van der Waals surface area contributed by atoms with Crippen molar-refractivity contribution in [3.05, 3.63) is 18.3 Å². The topological polar surface area (TPSA) is 88.3 Å². The Morgan fingerprint density at radius 3 is 2.90 bits per heavy atom. The summed E-state index contributed by atoms with van der Waals surface area (Å²) in [6.07, 6.45) is 5.45. The van der Waals surface area contributed by atoms with Crippen LogP contribution in [-0.4, -0.2) is 34.3 Å². The largest absolute Gasteiger partial charge is 0.384 e. The second-order valence-corrected chi connectivity index (χ2v) is 5.31. The van der Waals surface area contributed by atoms with E-state index >= 15 is 0 Å². The highest BCUT2D eigenvalue weighted by Crippen LogP contribution is 2.20. The molecule has 2 amide bonds. The van der Waals surface area contributed by atoms with Crippen molar-refractivity contribution in [1.29, 1.82) is 0 Å². The average molecular weight is 290 g/mol. The van der Waals surface area contributed by atoms with Gasteiger partial charge < -0.3 is 16.0 Å². The van der Waals surface area contributed by atoms with Crippen molar-refractivity contribution in [3.8, 4) is 0 Å². The fourth-order valence-electron chi connectivity index (χ4n) is 2.56. The summed E-state index contributed by atoms with van der Waals surface area (Å²) in [6, 6.07) is 2.97. The molecule has 1 unspecified atom stereocenters. The molecule has 1 aromatic rings. The van der Waals surface area contributed by atoms with Gasteiger partial charge in [-0.05, 0) is 37.8 Å². The summed E-state index contributed by atoms with van der Waals surface area (Å²) >= 11 is 0. The number of pyridine rings is 1. The Labute approximate surface area is 124 Å². The van der Waals surface area contributed by atoms with E-state index in [0.717, 1.165) is 19.3 Å². The Balaban J connectivity index is 2.04. The van der Waals surface area contributed by atoms with Crippen molar-refractivity contribution in [2.45, 2.75) is 45.1 Å². The lowest BCUT2D eigenvalue weighted by molar-refractivity contribution is -0.140. The first-order valence-electron chi connectivity index (χ1n) is 7.43. The summed E-state index contributed by atoms with van der Waals surface area (Å²) in [4.78, 5) is 30.2. The van der Waals surface area contributed by atoms with Crippen LogP contribution in [0.1, 0.15) is 39.0 Å². The molecule has 0 saturated carbocycles. The summed E-state index contributed by atoms with van der Waals surface area (Å²) in [7, 11) is 0. The van der Waals surface area contributed by atoms with Gasteiger partial charge in [-0.15, -0.1) is 0 Å². The van der Waals surface area contributed by atoms with Gasteiger partial charge in [-0.3, -0.25) is 9.59 Å². The molecule has 0 bridgehead atoms. The molecule has 2 rings (SSSR count). The van der Waals surface area contributed by atoms with Crippen LogP contribution in [0.3, 0.4) is 0 Å². The van der Waals surface area contributed by atoms with Crippen molar-refractivity contribution < 1.29 is 9.59 Å². The molecule has 1 atom stereocenters. The number of amides is 2. The molecule has 0 aromatic carbocycles. The molecule has 3 N–H and O–H groups in total. The lowest BCUT2D eigenvalue weighted by Gasteiger charge is -2.34. The summed E-state index contributed by atoms with van der Waals surface area (Å²) in [5.74, 6) is 0.323. The smallest absolute Gasteiger partial charge is 0.247 e. The average Bonchev–Trinajstić information content (AvgIpc) is 2.50. The van der Waals surface area contributed by atoms with E-state index < -0.39 is 0 Å². The Morgan fingerprint density at radius 1 is 1.43 bits per heavy atom. The van der Waals surface area contributed by atoms with Crippen LogP contribution in [0.15, 0.2) is 18.3 Å². The van der Waals surface area contributed by atoms with Gasteiger partial charge in [-0.1, -0.05) is 6.92 Å². The molecular weight excluding hydrogens is 268 g/mol. The number of nitrogens with zero attached hydrogens (tertiary/aromatic N) is 2.